The van der Waals surface area contributed by atoms with E-state index in [1.807, 2.05) is 13.0 Å². The summed E-state index contributed by atoms with van der Waals surface area (Å²) in [5.74, 6) is 1.62. The van der Waals surface area contributed by atoms with Crippen LogP contribution in [-0.2, 0) is 0 Å². The van der Waals surface area contributed by atoms with Crippen molar-refractivity contribution < 1.29 is 0 Å². The summed E-state index contributed by atoms with van der Waals surface area (Å²) in [6, 6.07) is 1.83. The molecule has 2 aromatic rings. The predicted molar refractivity (Wildman–Crippen MR) is 69.9 cm³/mol. The molecule has 7 nitrogen and oxygen atoms in total. The number of rotatable bonds is 6. The number of anilines is 2. The second kappa shape index (κ2) is 5.95. The quantitative estimate of drug-likeness (QED) is 0.801. The molecule has 2 rings (SSSR count). The maximum Gasteiger partial charge on any atom is 0.257 e. The third-order valence-corrected chi connectivity index (χ3v) is 2.20. The SMILES string of the molecule is CCCNc1nc(NCC)nc(-n2cccn2)n1. The maximum absolute atomic E-state index is 4.32. The van der Waals surface area contributed by atoms with Gasteiger partial charge in [0.1, 0.15) is 0 Å². The van der Waals surface area contributed by atoms with Crippen LogP contribution in [0.25, 0.3) is 5.95 Å². The summed E-state index contributed by atoms with van der Waals surface area (Å²) >= 11 is 0. The van der Waals surface area contributed by atoms with Crippen LogP contribution in [0.3, 0.4) is 0 Å². The van der Waals surface area contributed by atoms with E-state index in [0.717, 1.165) is 19.5 Å². The van der Waals surface area contributed by atoms with Crippen molar-refractivity contribution in [3.63, 3.8) is 0 Å². The number of nitrogens with one attached hydrogen (secondary N) is 2. The molecule has 0 atom stereocenters. The fourth-order valence-corrected chi connectivity index (χ4v) is 1.41. The van der Waals surface area contributed by atoms with Crippen LogP contribution in [0.5, 0.6) is 0 Å². The Hall–Kier alpha value is -2.18. The molecule has 0 radical (unpaired) electrons. The summed E-state index contributed by atoms with van der Waals surface area (Å²) in [7, 11) is 0. The zero-order valence-electron chi connectivity index (χ0n) is 10.6. The fraction of sp³-hybridized carbons (Fsp3) is 0.455. The highest BCUT2D eigenvalue weighted by atomic mass is 15.4. The first kappa shape index (κ1) is 12.3. The highest BCUT2D eigenvalue weighted by molar-refractivity contribution is 5.37. The highest BCUT2D eigenvalue weighted by Crippen LogP contribution is 2.08. The van der Waals surface area contributed by atoms with Crippen molar-refractivity contribution in [2.24, 2.45) is 0 Å². The minimum absolute atomic E-state index is 0.504. The van der Waals surface area contributed by atoms with Gasteiger partial charge >= 0.3 is 0 Å². The zero-order chi connectivity index (χ0) is 12.8. The Bertz CT molecular complexity index is 480. The Morgan fingerprint density at radius 3 is 2.50 bits per heavy atom. The summed E-state index contributed by atoms with van der Waals surface area (Å²) < 4.78 is 1.61. The van der Waals surface area contributed by atoms with Crippen molar-refractivity contribution in [3.05, 3.63) is 18.5 Å². The highest BCUT2D eigenvalue weighted by Gasteiger charge is 2.07. The smallest absolute Gasteiger partial charge is 0.257 e. The van der Waals surface area contributed by atoms with Gasteiger partial charge in [0, 0.05) is 25.5 Å². The van der Waals surface area contributed by atoms with Crippen LogP contribution in [0, 0.1) is 0 Å². The summed E-state index contributed by atoms with van der Waals surface area (Å²) in [5.41, 5.74) is 0. The van der Waals surface area contributed by atoms with Crippen LogP contribution in [0.2, 0.25) is 0 Å². The molecule has 0 aliphatic heterocycles. The van der Waals surface area contributed by atoms with Crippen molar-refractivity contribution in [3.8, 4) is 5.95 Å². The van der Waals surface area contributed by atoms with Gasteiger partial charge in [-0.1, -0.05) is 6.92 Å². The first-order chi connectivity index (χ1) is 8.83. The first-order valence-electron chi connectivity index (χ1n) is 6.07. The summed E-state index contributed by atoms with van der Waals surface area (Å²) in [5, 5.41) is 10.4. The van der Waals surface area contributed by atoms with Crippen LogP contribution in [-0.4, -0.2) is 37.8 Å². The number of nitrogens with zero attached hydrogens (tertiary/aromatic N) is 5. The molecule has 0 saturated heterocycles. The van der Waals surface area contributed by atoms with E-state index in [9.17, 15) is 0 Å². The number of hydrogen-bond acceptors (Lipinski definition) is 6. The second-order valence-corrected chi connectivity index (χ2v) is 3.69. The van der Waals surface area contributed by atoms with E-state index in [4.69, 9.17) is 0 Å². The molecule has 7 heteroatoms. The minimum atomic E-state index is 0.504. The molecule has 2 heterocycles. The van der Waals surface area contributed by atoms with Crippen LogP contribution in [0.15, 0.2) is 18.5 Å². The molecule has 0 amide bonds. The average Bonchev–Trinajstić information content (AvgIpc) is 2.90. The molecule has 0 bridgehead atoms. The van der Waals surface area contributed by atoms with Gasteiger partial charge in [0.25, 0.3) is 5.95 Å². The van der Waals surface area contributed by atoms with Crippen LogP contribution >= 0.6 is 0 Å². The summed E-state index contributed by atoms with van der Waals surface area (Å²) in [6.07, 6.45) is 4.50. The Morgan fingerprint density at radius 2 is 1.89 bits per heavy atom. The van der Waals surface area contributed by atoms with E-state index < -0.39 is 0 Å². The lowest BCUT2D eigenvalue weighted by atomic mass is 10.5. The van der Waals surface area contributed by atoms with Crippen LogP contribution in [0.4, 0.5) is 11.9 Å². The van der Waals surface area contributed by atoms with Gasteiger partial charge in [0.15, 0.2) is 0 Å². The fourth-order valence-electron chi connectivity index (χ4n) is 1.41. The van der Waals surface area contributed by atoms with E-state index >= 15 is 0 Å². The van der Waals surface area contributed by atoms with Crippen molar-refractivity contribution in [2.75, 3.05) is 23.7 Å². The molecular weight excluding hydrogens is 230 g/mol. The monoisotopic (exact) mass is 247 g/mol. The zero-order valence-corrected chi connectivity index (χ0v) is 10.6. The van der Waals surface area contributed by atoms with Gasteiger partial charge in [-0.3, -0.25) is 0 Å². The van der Waals surface area contributed by atoms with Gasteiger partial charge in [-0.25, -0.2) is 4.68 Å². The van der Waals surface area contributed by atoms with Crippen molar-refractivity contribution in [2.45, 2.75) is 20.3 Å². The van der Waals surface area contributed by atoms with Crippen molar-refractivity contribution in [1.29, 1.82) is 0 Å². The van der Waals surface area contributed by atoms with Crippen molar-refractivity contribution >= 4 is 11.9 Å². The molecule has 96 valence electrons. The molecule has 2 aromatic heterocycles. The van der Waals surface area contributed by atoms with Gasteiger partial charge in [-0.15, -0.1) is 0 Å². The van der Waals surface area contributed by atoms with Gasteiger partial charge in [-0.2, -0.15) is 20.1 Å². The molecule has 18 heavy (non-hydrogen) atoms. The molecular formula is C11H17N7. The number of hydrogen-bond donors (Lipinski definition) is 2. The predicted octanol–water partition coefficient (Wildman–Crippen LogP) is 1.31. The third kappa shape index (κ3) is 2.93. The Kier molecular flexibility index (Phi) is 4.06. The molecule has 0 spiro atoms. The van der Waals surface area contributed by atoms with E-state index in [1.54, 1.807) is 17.1 Å². The largest absolute Gasteiger partial charge is 0.354 e. The average molecular weight is 247 g/mol. The lowest BCUT2D eigenvalue weighted by Crippen LogP contribution is -2.13. The summed E-state index contributed by atoms with van der Waals surface area (Å²) in [6.45, 7) is 5.67. The van der Waals surface area contributed by atoms with Gasteiger partial charge in [0.05, 0.1) is 0 Å². The molecule has 0 fully saturated rings. The van der Waals surface area contributed by atoms with E-state index in [2.05, 4.69) is 37.6 Å². The molecule has 0 aliphatic rings. The summed E-state index contributed by atoms with van der Waals surface area (Å²) in [4.78, 5) is 12.9. The Balaban J connectivity index is 2.30. The Morgan fingerprint density at radius 1 is 1.11 bits per heavy atom. The standard InChI is InChI=1S/C11H17N7/c1-3-6-13-10-15-9(12-4-2)16-11(17-10)18-8-5-7-14-18/h5,7-8H,3-4,6H2,1-2H3,(H2,12,13,15,16,17). The molecule has 2 N–H and O–H groups in total. The third-order valence-electron chi connectivity index (χ3n) is 2.20. The van der Waals surface area contributed by atoms with Crippen LogP contribution in [0.1, 0.15) is 20.3 Å². The van der Waals surface area contributed by atoms with Gasteiger partial charge < -0.3 is 10.6 Å². The lowest BCUT2D eigenvalue weighted by molar-refractivity contribution is 0.794. The molecule has 0 saturated carbocycles. The van der Waals surface area contributed by atoms with E-state index in [1.165, 1.54) is 0 Å². The Labute approximate surface area is 106 Å². The van der Waals surface area contributed by atoms with Crippen molar-refractivity contribution in [1.82, 2.24) is 24.7 Å². The van der Waals surface area contributed by atoms with E-state index in [-0.39, 0.29) is 0 Å². The molecule has 0 aromatic carbocycles. The lowest BCUT2D eigenvalue weighted by Gasteiger charge is -2.08. The molecule has 0 unspecified atom stereocenters. The topological polar surface area (TPSA) is 80.5 Å². The van der Waals surface area contributed by atoms with Gasteiger partial charge in [0.2, 0.25) is 11.9 Å². The van der Waals surface area contributed by atoms with E-state index in [0.29, 0.717) is 17.8 Å². The second-order valence-electron chi connectivity index (χ2n) is 3.69. The molecule has 0 aliphatic carbocycles. The van der Waals surface area contributed by atoms with Gasteiger partial charge in [-0.05, 0) is 19.4 Å². The minimum Gasteiger partial charge on any atom is -0.354 e. The maximum atomic E-state index is 4.32. The normalized spacial score (nSPS) is 10.3. The number of aromatic nitrogens is 5. The first-order valence-corrected chi connectivity index (χ1v) is 6.07. The van der Waals surface area contributed by atoms with Crippen LogP contribution < -0.4 is 10.6 Å².